The number of hydrogen-bond donors (Lipinski definition) is 2. The lowest BCUT2D eigenvalue weighted by Crippen LogP contribution is -2.41. The van der Waals surface area contributed by atoms with Crippen molar-refractivity contribution in [3.63, 3.8) is 0 Å². The van der Waals surface area contributed by atoms with Gasteiger partial charge in [0.25, 0.3) is 0 Å². The molecule has 6 heteroatoms. The van der Waals surface area contributed by atoms with Crippen LogP contribution < -0.4 is 10.6 Å². The van der Waals surface area contributed by atoms with E-state index in [0.717, 1.165) is 35.2 Å². The van der Waals surface area contributed by atoms with E-state index >= 15 is 0 Å². The van der Waals surface area contributed by atoms with Crippen molar-refractivity contribution in [1.29, 1.82) is 0 Å². The maximum absolute atomic E-state index is 13.3. The highest BCUT2D eigenvalue weighted by Gasteiger charge is 2.35. The summed E-state index contributed by atoms with van der Waals surface area (Å²) in [5.74, 6) is 0.557. The molecule has 0 bridgehead atoms. The first-order valence-corrected chi connectivity index (χ1v) is 9.62. The van der Waals surface area contributed by atoms with Gasteiger partial charge in [0.1, 0.15) is 11.6 Å². The lowest BCUT2D eigenvalue weighted by atomic mass is 9.79. The molecule has 0 unspecified atom stereocenters. The molecule has 1 aromatic carbocycles. The van der Waals surface area contributed by atoms with E-state index < -0.39 is 0 Å². The fraction of sp³-hybridized carbons (Fsp3) is 0.368. The van der Waals surface area contributed by atoms with Gasteiger partial charge in [-0.05, 0) is 77.2 Å². The summed E-state index contributed by atoms with van der Waals surface area (Å²) in [6.07, 6.45) is 6.29. The van der Waals surface area contributed by atoms with Gasteiger partial charge >= 0.3 is 0 Å². The van der Waals surface area contributed by atoms with E-state index in [0.29, 0.717) is 5.11 Å². The number of nitrogens with zero attached hydrogens (tertiary/aromatic N) is 1. The van der Waals surface area contributed by atoms with Gasteiger partial charge in [-0.15, -0.1) is 0 Å². The van der Waals surface area contributed by atoms with Crippen LogP contribution in [0.4, 0.5) is 10.2 Å². The monoisotopic (exact) mass is 421 g/mol. The maximum Gasteiger partial charge on any atom is 0.171 e. The van der Waals surface area contributed by atoms with Crippen molar-refractivity contribution in [2.24, 2.45) is 0 Å². The number of aromatic nitrogens is 1. The molecule has 1 aliphatic carbocycles. The van der Waals surface area contributed by atoms with Crippen molar-refractivity contribution in [2.45, 2.75) is 38.0 Å². The molecule has 132 valence electrons. The second-order valence-electron chi connectivity index (χ2n) is 6.62. The van der Waals surface area contributed by atoms with Gasteiger partial charge in [0.15, 0.2) is 5.11 Å². The molecular formula is C19H21BrFN3S. The summed E-state index contributed by atoms with van der Waals surface area (Å²) in [5, 5.41) is 7.07. The van der Waals surface area contributed by atoms with Crippen molar-refractivity contribution in [2.75, 3.05) is 11.9 Å². The summed E-state index contributed by atoms with van der Waals surface area (Å²) >= 11 is 8.86. The number of anilines is 1. The molecule has 0 aliphatic heterocycles. The van der Waals surface area contributed by atoms with E-state index in [-0.39, 0.29) is 11.2 Å². The summed E-state index contributed by atoms with van der Waals surface area (Å²) in [4.78, 5) is 4.36. The minimum atomic E-state index is -0.196. The number of pyridine rings is 1. The van der Waals surface area contributed by atoms with E-state index in [9.17, 15) is 4.39 Å². The van der Waals surface area contributed by atoms with Gasteiger partial charge < -0.3 is 10.6 Å². The van der Waals surface area contributed by atoms with Gasteiger partial charge in [-0.2, -0.15) is 0 Å². The van der Waals surface area contributed by atoms with Crippen LogP contribution in [0.25, 0.3) is 0 Å². The molecular weight excluding hydrogens is 401 g/mol. The molecule has 1 aliphatic rings. The Morgan fingerprint density at radius 3 is 2.60 bits per heavy atom. The fourth-order valence-electron chi connectivity index (χ4n) is 3.50. The van der Waals surface area contributed by atoms with E-state index in [1.54, 1.807) is 18.3 Å². The zero-order valence-corrected chi connectivity index (χ0v) is 16.5. The summed E-state index contributed by atoms with van der Waals surface area (Å²) in [7, 11) is 0. The standard InChI is InChI=1S/C19H21BrFN3S/c1-13-10-15(20)11-22-17(13)24-18(25)23-12-19(8-2-3-9-19)14-4-6-16(21)7-5-14/h4-7,10-11H,2-3,8-9,12H2,1H3,(H2,22,23,24,25). The van der Waals surface area contributed by atoms with Crippen molar-refractivity contribution in [3.05, 3.63) is 57.9 Å². The summed E-state index contributed by atoms with van der Waals surface area (Å²) in [6, 6.07) is 8.88. The van der Waals surface area contributed by atoms with Crippen LogP contribution in [0.3, 0.4) is 0 Å². The van der Waals surface area contributed by atoms with Crippen molar-refractivity contribution >= 4 is 39.1 Å². The van der Waals surface area contributed by atoms with Crippen molar-refractivity contribution in [1.82, 2.24) is 10.3 Å². The largest absolute Gasteiger partial charge is 0.362 e. The lowest BCUT2D eigenvalue weighted by Gasteiger charge is -2.30. The number of thiocarbonyl (C=S) groups is 1. The van der Waals surface area contributed by atoms with E-state index in [1.165, 1.54) is 18.4 Å². The Morgan fingerprint density at radius 2 is 1.96 bits per heavy atom. The fourth-order valence-corrected chi connectivity index (χ4v) is 4.11. The maximum atomic E-state index is 13.3. The molecule has 0 radical (unpaired) electrons. The number of halogens is 2. The molecule has 1 aromatic heterocycles. The molecule has 0 amide bonds. The van der Waals surface area contributed by atoms with Gasteiger partial charge in [-0.1, -0.05) is 25.0 Å². The molecule has 2 aromatic rings. The average molecular weight is 422 g/mol. The quantitative estimate of drug-likeness (QED) is 0.674. The van der Waals surface area contributed by atoms with Crippen LogP contribution >= 0.6 is 28.1 Å². The summed E-state index contributed by atoms with van der Waals surface area (Å²) in [6.45, 7) is 2.72. The van der Waals surface area contributed by atoms with Crippen molar-refractivity contribution < 1.29 is 4.39 Å². The molecule has 0 atom stereocenters. The smallest absolute Gasteiger partial charge is 0.171 e. The molecule has 1 saturated carbocycles. The molecule has 1 heterocycles. The number of hydrogen-bond acceptors (Lipinski definition) is 2. The van der Waals surface area contributed by atoms with Crippen LogP contribution in [0.15, 0.2) is 41.0 Å². The minimum absolute atomic E-state index is 0.0155. The molecule has 25 heavy (non-hydrogen) atoms. The predicted molar refractivity (Wildman–Crippen MR) is 107 cm³/mol. The first-order chi connectivity index (χ1) is 12.0. The molecule has 3 nitrogen and oxygen atoms in total. The Morgan fingerprint density at radius 1 is 1.28 bits per heavy atom. The summed E-state index contributed by atoms with van der Waals surface area (Å²) in [5.41, 5.74) is 2.22. The van der Waals surface area contributed by atoms with Crippen LogP contribution in [0.5, 0.6) is 0 Å². The van der Waals surface area contributed by atoms with Gasteiger partial charge in [0.05, 0.1) is 0 Å². The summed E-state index contributed by atoms with van der Waals surface area (Å²) < 4.78 is 14.2. The SMILES string of the molecule is Cc1cc(Br)cnc1NC(=S)NCC1(c2ccc(F)cc2)CCCC1. The molecule has 3 rings (SSSR count). The van der Waals surface area contributed by atoms with Gasteiger partial charge in [0.2, 0.25) is 0 Å². The number of nitrogens with one attached hydrogen (secondary N) is 2. The second-order valence-corrected chi connectivity index (χ2v) is 7.94. The molecule has 2 N–H and O–H groups in total. The van der Waals surface area contributed by atoms with Gasteiger partial charge in [0, 0.05) is 22.6 Å². The molecule has 0 spiro atoms. The first kappa shape index (κ1) is 18.3. The Kier molecular flexibility index (Phi) is 5.69. The lowest BCUT2D eigenvalue weighted by molar-refractivity contribution is 0.434. The van der Waals surface area contributed by atoms with Crippen LogP contribution in [0.1, 0.15) is 36.8 Å². The third kappa shape index (κ3) is 4.36. The minimum Gasteiger partial charge on any atom is -0.362 e. The highest BCUT2D eigenvalue weighted by molar-refractivity contribution is 9.10. The van der Waals surface area contributed by atoms with E-state index in [1.807, 2.05) is 25.1 Å². The first-order valence-electron chi connectivity index (χ1n) is 8.42. The van der Waals surface area contributed by atoms with E-state index in [2.05, 4.69) is 31.5 Å². The second kappa shape index (κ2) is 7.79. The van der Waals surface area contributed by atoms with Crippen LogP contribution in [0, 0.1) is 12.7 Å². The third-order valence-corrected chi connectivity index (χ3v) is 5.56. The Labute approximate surface area is 161 Å². The van der Waals surface area contributed by atoms with Crippen LogP contribution in [0.2, 0.25) is 0 Å². The third-order valence-electron chi connectivity index (χ3n) is 4.88. The van der Waals surface area contributed by atoms with Crippen LogP contribution in [-0.2, 0) is 5.41 Å². The van der Waals surface area contributed by atoms with Gasteiger partial charge in [-0.3, -0.25) is 0 Å². The Hall–Kier alpha value is -1.53. The normalized spacial score (nSPS) is 15.8. The predicted octanol–water partition coefficient (Wildman–Crippen LogP) is 5.09. The highest BCUT2D eigenvalue weighted by Crippen LogP contribution is 2.40. The number of benzene rings is 1. The highest BCUT2D eigenvalue weighted by atomic mass is 79.9. The zero-order valence-electron chi connectivity index (χ0n) is 14.1. The topological polar surface area (TPSA) is 37.0 Å². The van der Waals surface area contributed by atoms with Gasteiger partial charge in [-0.25, -0.2) is 9.37 Å². The van der Waals surface area contributed by atoms with Crippen molar-refractivity contribution in [3.8, 4) is 0 Å². The molecule has 1 fully saturated rings. The average Bonchev–Trinajstić information content (AvgIpc) is 3.06. The Balaban J connectivity index is 1.67. The Bertz CT molecular complexity index is 758. The van der Waals surface area contributed by atoms with E-state index in [4.69, 9.17) is 12.2 Å². The number of aryl methyl sites for hydroxylation is 1. The molecule has 0 saturated heterocycles. The van der Waals surface area contributed by atoms with Crippen LogP contribution in [-0.4, -0.2) is 16.6 Å². The zero-order chi connectivity index (χ0) is 17.9. The number of rotatable bonds is 4.